The molecule has 1 amide bonds. The minimum Gasteiger partial charge on any atom is -0.369 e. The van der Waals surface area contributed by atoms with Gasteiger partial charge in [0.15, 0.2) is 5.82 Å². The van der Waals surface area contributed by atoms with Crippen LogP contribution in [0.3, 0.4) is 0 Å². The van der Waals surface area contributed by atoms with Crippen LogP contribution in [-0.4, -0.2) is 18.6 Å². The average Bonchev–Trinajstić information content (AvgIpc) is 2.20. The first-order valence-electron chi connectivity index (χ1n) is 4.96. The molecule has 1 aromatic rings. The molecule has 0 saturated carbocycles. The molecule has 0 heterocycles. The monoisotopic (exact) mass is 263 g/mol. The summed E-state index contributed by atoms with van der Waals surface area (Å²) in [6.45, 7) is 3.31. The van der Waals surface area contributed by atoms with E-state index < -0.39 is 17.5 Å². The van der Waals surface area contributed by atoms with Crippen molar-refractivity contribution in [1.82, 2.24) is 0 Å². The van der Waals surface area contributed by atoms with Crippen LogP contribution in [0.25, 0.3) is 0 Å². The normalized spacial score (nSPS) is 10.7. The van der Waals surface area contributed by atoms with Gasteiger partial charge in [-0.05, 0) is 19.9 Å². The first-order valence-corrected chi connectivity index (χ1v) is 5.34. The Balaban J connectivity index is 2.72. The third-order valence-corrected chi connectivity index (χ3v) is 2.12. The second-order valence-electron chi connectivity index (χ2n) is 3.65. The van der Waals surface area contributed by atoms with Crippen molar-refractivity contribution in [3.63, 3.8) is 0 Å². The number of halogens is 3. The zero-order chi connectivity index (χ0) is 13.0. The second kappa shape index (κ2) is 5.93. The molecule has 0 bridgehead atoms. The fraction of sp³-hybridized carbons (Fsp3) is 0.364. The van der Waals surface area contributed by atoms with Gasteiger partial charge in [-0.1, -0.05) is 11.6 Å². The summed E-state index contributed by atoms with van der Waals surface area (Å²) in [6.07, 6.45) is -0.116. The third-order valence-electron chi connectivity index (χ3n) is 1.82. The van der Waals surface area contributed by atoms with Gasteiger partial charge in [0, 0.05) is 6.07 Å². The minimum atomic E-state index is -0.923. The van der Waals surface area contributed by atoms with Gasteiger partial charge >= 0.3 is 0 Å². The average molecular weight is 264 g/mol. The summed E-state index contributed by atoms with van der Waals surface area (Å²) in [5, 5.41) is 2.03. The van der Waals surface area contributed by atoms with Gasteiger partial charge in [-0.3, -0.25) is 4.79 Å². The summed E-state index contributed by atoms with van der Waals surface area (Å²) < 4.78 is 31.1. The number of rotatable bonds is 4. The highest BCUT2D eigenvalue weighted by atomic mass is 35.5. The molecule has 0 fully saturated rings. The molecule has 1 N–H and O–H groups in total. The zero-order valence-electron chi connectivity index (χ0n) is 9.39. The third kappa shape index (κ3) is 4.28. The van der Waals surface area contributed by atoms with Crippen molar-refractivity contribution in [2.24, 2.45) is 0 Å². The minimum absolute atomic E-state index is 0.116. The highest BCUT2D eigenvalue weighted by Crippen LogP contribution is 2.26. The summed E-state index contributed by atoms with van der Waals surface area (Å²) in [6, 6.07) is 1.56. The molecule has 0 atom stereocenters. The van der Waals surface area contributed by atoms with E-state index >= 15 is 0 Å². The summed E-state index contributed by atoms with van der Waals surface area (Å²) in [4.78, 5) is 11.4. The van der Waals surface area contributed by atoms with E-state index in [1.54, 1.807) is 13.8 Å². The smallest absolute Gasteiger partial charge is 0.250 e. The lowest BCUT2D eigenvalue weighted by atomic mass is 10.3. The highest BCUT2D eigenvalue weighted by molar-refractivity contribution is 6.33. The predicted molar refractivity (Wildman–Crippen MR) is 61.1 cm³/mol. The predicted octanol–water partition coefficient (Wildman–Crippen LogP) is 2.98. The van der Waals surface area contributed by atoms with Crippen molar-refractivity contribution in [2.45, 2.75) is 20.0 Å². The van der Waals surface area contributed by atoms with Gasteiger partial charge in [-0.15, -0.1) is 0 Å². The Morgan fingerprint density at radius 1 is 1.47 bits per heavy atom. The number of carbonyl (C=O) groups is 1. The Bertz CT molecular complexity index is 401. The Morgan fingerprint density at radius 2 is 2.12 bits per heavy atom. The molecule has 0 aliphatic heterocycles. The molecular formula is C11H12ClF2NO2. The lowest BCUT2D eigenvalue weighted by Gasteiger charge is -2.10. The standard InChI is InChI=1S/C11H12ClF2NO2/c1-6(2)17-5-10(16)15-11-8(12)3-7(13)4-9(11)14/h3-4,6H,5H2,1-2H3,(H,15,16). The summed E-state index contributed by atoms with van der Waals surface area (Å²) >= 11 is 5.61. The van der Waals surface area contributed by atoms with Crippen LogP contribution in [0.1, 0.15) is 13.8 Å². The summed E-state index contributed by atoms with van der Waals surface area (Å²) in [7, 11) is 0. The van der Waals surface area contributed by atoms with Gasteiger partial charge in [0.25, 0.3) is 0 Å². The first-order chi connectivity index (χ1) is 7.90. The molecular weight excluding hydrogens is 252 g/mol. The highest BCUT2D eigenvalue weighted by Gasteiger charge is 2.13. The largest absolute Gasteiger partial charge is 0.369 e. The molecule has 0 saturated heterocycles. The molecule has 0 aliphatic rings. The molecule has 1 rings (SSSR count). The molecule has 3 nitrogen and oxygen atoms in total. The van der Waals surface area contributed by atoms with E-state index in [0.717, 1.165) is 6.07 Å². The van der Waals surface area contributed by atoms with Crippen LogP contribution in [-0.2, 0) is 9.53 Å². The van der Waals surface area contributed by atoms with Crippen molar-refractivity contribution >= 4 is 23.2 Å². The van der Waals surface area contributed by atoms with E-state index in [9.17, 15) is 13.6 Å². The van der Waals surface area contributed by atoms with E-state index in [4.69, 9.17) is 16.3 Å². The van der Waals surface area contributed by atoms with Gasteiger partial charge in [-0.2, -0.15) is 0 Å². The molecule has 1 aromatic carbocycles. The van der Waals surface area contributed by atoms with Gasteiger partial charge in [0.05, 0.1) is 16.8 Å². The topological polar surface area (TPSA) is 38.3 Å². The van der Waals surface area contributed by atoms with E-state index in [1.807, 2.05) is 0 Å². The Kier molecular flexibility index (Phi) is 4.84. The van der Waals surface area contributed by atoms with E-state index in [-0.39, 0.29) is 23.4 Å². The Morgan fingerprint density at radius 3 is 2.65 bits per heavy atom. The number of benzene rings is 1. The zero-order valence-corrected chi connectivity index (χ0v) is 10.1. The van der Waals surface area contributed by atoms with Crippen molar-refractivity contribution in [1.29, 1.82) is 0 Å². The van der Waals surface area contributed by atoms with Gasteiger partial charge in [0.1, 0.15) is 12.4 Å². The number of nitrogens with one attached hydrogen (secondary N) is 1. The van der Waals surface area contributed by atoms with Crippen LogP contribution in [0, 0.1) is 11.6 Å². The molecule has 94 valence electrons. The molecule has 0 unspecified atom stereocenters. The van der Waals surface area contributed by atoms with Crippen LogP contribution in [0.2, 0.25) is 5.02 Å². The van der Waals surface area contributed by atoms with E-state index in [0.29, 0.717) is 6.07 Å². The van der Waals surface area contributed by atoms with Crippen LogP contribution >= 0.6 is 11.6 Å². The number of ether oxygens (including phenoxy) is 1. The molecule has 0 aromatic heterocycles. The molecule has 6 heteroatoms. The van der Waals surface area contributed by atoms with Gasteiger partial charge in [0.2, 0.25) is 5.91 Å². The maximum Gasteiger partial charge on any atom is 0.250 e. The number of hydrogen-bond donors (Lipinski definition) is 1. The lowest BCUT2D eigenvalue weighted by molar-refractivity contribution is -0.121. The number of anilines is 1. The number of carbonyl (C=O) groups excluding carboxylic acids is 1. The second-order valence-corrected chi connectivity index (χ2v) is 4.06. The Labute approximate surface area is 103 Å². The van der Waals surface area contributed by atoms with Crippen molar-refractivity contribution in [3.05, 3.63) is 28.8 Å². The number of hydrogen-bond acceptors (Lipinski definition) is 2. The quantitative estimate of drug-likeness (QED) is 0.907. The van der Waals surface area contributed by atoms with Crippen LogP contribution < -0.4 is 5.32 Å². The van der Waals surface area contributed by atoms with Crippen molar-refractivity contribution in [3.8, 4) is 0 Å². The van der Waals surface area contributed by atoms with E-state index in [1.165, 1.54) is 0 Å². The Hall–Kier alpha value is -1.20. The molecule has 0 spiro atoms. The summed E-state index contributed by atoms with van der Waals surface area (Å²) in [5.41, 5.74) is -0.245. The maximum absolute atomic E-state index is 13.3. The van der Waals surface area contributed by atoms with Crippen LogP contribution in [0.4, 0.5) is 14.5 Å². The first kappa shape index (κ1) is 13.9. The number of amides is 1. The van der Waals surface area contributed by atoms with Gasteiger partial charge in [-0.25, -0.2) is 8.78 Å². The fourth-order valence-corrected chi connectivity index (χ4v) is 1.32. The molecule has 0 aliphatic carbocycles. The van der Waals surface area contributed by atoms with Crippen LogP contribution in [0.15, 0.2) is 12.1 Å². The molecule has 17 heavy (non-hydrogen) atoms. The van der Waals surface area contributed by atoms with E-state index in [2.05, 4.69) is 5.32 Å². The molecule has 0 radical (unpaired) electrons. The SMILES string of the molecule is CC(C)OCC(=O)Nc1c(F)cc(F)cc1Cl. The maximum atomic E-state index is 13.3. The van der Waals surface area contributed by atoms with Crippen LogP contribution in [0.5, 0.6) is 0 Å². The lowest BCUT2D eigenvalue weighted by Crippen LogP contribution is -2.21. The van der Waals surface area contributed by atoms with Crippen molar-refractivity contribution < 1.29 is 18.3 Å². The summed E-state index contributed by atoms with van der Waals surface area (Å²) in [5.74, 6) is -2.28. The van der Waals surface area contributed by atoms with Crippen molar-refractivity contribution in [2.75, 3.05) is 11.9 Å². The van der Waals surface area contributed by atoms with Gasteiger partial charge < -0.3 is 10.1 Å². The fourth-order valence-electron chi connectivity index (χ4n) is 1.08.